The van der Waals surface area contributed by atoms with Crippen LogP contribution in [0.5, 0.6) is 5.75 Å². The summed E-state index contributed by atoms with van der Waals surface area (Å²) in [6, 6.07) is 5.88. The van der Waals surface area contributed by atoms with Crippen molar-refractivity contribution in [3.05, 3.63) is 29.3 Å². The lowest BCUT2D eigenvalue weighted by molar-refractivity contribution is 0.161. The summed E-state index contributed by atoms with van der Waals surface area (Å²) in [7, 11) is 5.69. The van der Waals surface area contributed by atoms with Crippen molar-refractivity contribution >= 4 is 0 Å². The molecule has 0 saturated heterocycles. The molecule has 0 saturated carbocycles. The van der Waals surface area contributed by atoms with Crippen molar-refractivity contribution < 1.29 is 9.94 Å². The van der Waals surface area contributed by atoms with Gasteiger partial charge in [-0.2, -0.15) is 0 Å². The summed E-state index contributed by atoms with van der Waals surface area (Å²) in [4.78, 5) is 2.08. The van der Waals surface area contributed by atoms with Crippen LogP contribution in [0.3, 0.4) is 0 Å². The number of methoxy groups -OCH3 is 1. The lowest BCUT2D eigenvalue weighted by Crippen LogP contribution is -2.13. The summed E-state index contributed by atoms with van der Waals surface area (Å²) in [6.07, 6.45) is 0. The molecule has 0 fully saturated rings. The molecule has 4 nitrogen and oxygen atoms in total. The molecular formula is C11H18N2O2. The van der Waals surface area contributed by atoms with Gasteiger partial charge in [-0.15, -0.1) is 0 Å². The zero-order valence-electron chi connectivity index (χ0n) is 9.45. The highest BCUT2D eigenvalue weighted by Gasteiger charge is 2.05. The topological polar surface area (TPSA) is 44.7 Å². The Morgan fingerprint density at radius 2 is 2.13 bits per heavy atom. The van der Waals surface area contributed by atoms with E-state index in [-0.39, 0.29) is 0 Å². The maximum absolute atomic E-state index is 8.63. The van der Waals surface area contributed by atoms with Gasteiger partial charge in [-0.05, 0) is 31.8 Å². The Bertz CT molecular complexity index is 313. The van der Waals surface area contributed by atoms with Gasteiger partial charge in [-0.3, -0.25) is 0 Å². The summed E-state index contributed by atoms with van der Waals surface area (Å²) >= 11 is 0. The Morgan fingerprint density at radius 3 is 2.67 bits per heavy atom. The van der Waals surface area contributed by atoms with Gasteiger partial charge >= 0.3 is 0 Å². The van der Waals surface area contributed by atoms with Gasteiger partial charge in [0.1, 0.15) is 5.75 Å². The number of benzene rings is 1. The van der Waals surface area contributed by atoms with Crippen LogP contribution in [0.25, 0.3) is 0 Å². The van der Waals surface area contributed by atoms with Crippen molar-refractivity contribution in [1.82, 2.24) is 10.4 Å². The highest BCUT2D eigenvalue weighted by Crippen LogP contribution is 2.20. The lowest BCUT2D eigenvalue weighted by Gasteiger charge is -2.14. The molecule has 1 aromatic rings. The molecule has 0 atom stereocenters. The van der Waals surface area contributed by atoms with Crippen molar-refractivity contribution in [3.63, 3.8) is 0 Å². The molecular weight excluding hydrogens is 192 g/mol. The maximum Gasteiger partial charge on any atom is 0.123 e. The van der Waals surface area contributed by atoms with Gasteiger partial charge in [0.2, 0.25) is 0 Å². The fourth-order valence-corrected chi connectivity index (χ4v) is 1.50. The van der Waals surface area contributed by atoms with Gasteiger partial charge in [-0.25, -0.2) is 5.48 Å². The number of hydrogen-bond acceptors (Lipinski definition) is 4. The number of ether oxygens (including phenoxy) is 1. The molecule has 1 aromatic carbocycles. The first kappa shape index (κ1) is 12.0. The summed E-state index contributed by atoms with van der Waals surface area (Å²) < 4.78 is 5.27. The van der Waals surface area contributed by atoms with E-state index in [0.29, 0.717) is 6.54 Å². The van der Waals surface area contributed by atoms with Crippen LogP contribution in [0.1, 0.15) is 11.1 Å². The number of nitrogens with zero attached hydrogens (tertiary/aromatic N) is 1. The van der Waals surface area contributed by atoms with Gasteiger partial charge in [0.05, 0.1) is 7.11 Å². The second-order valence-corrected chi connectivity index (χ2v) is 3.72. The minimum atomic E-state index is 0.449. The quantitative estimate of drug-likeness (QED) is 0.718. The van der Waals surface area contributed by atoms with E-state index in [4.69, 9.17) is 9.94 Å². The lowest BCUT2D eigenvalue weighted by atomic mass is 10.1. The van der Waals surface area contributed by atoms with Gasteiger partial charge in [0.15, 0.2) is 0 Å². The molecule has 0 radical (unpaired) electrons. The monoisotopic (exact) mass is 210 g/mol. The fraction of sp³-hybridized carbons (Fsp3) is 0.455. The fourth-order valence-electron chi connectivity index (χ4n) is 1.50. The first-order valence-corrected chi connectivity index (χ1v) is 4.85. The maximum atomic E-state index is 8.63. The molecule has 0 aliphatic rings. The Morgan fingerprint density at radius 1 is 1.40 bits per heavy atom. The molecule has 2 N–H and O–H groups in total. The number of hydroxylamine groups is 1. The van der Waals surface area contributed by atoms with Gasteiger partial charge in [-0.1, -0.05) is 6.07 Å². The largest absolute Gasteiger partial charge is 0.496 e. The third-order valence-corrected chi connectivity index (χ3v) is 2.11. The van der Waals surface area contributed by atoms with E-state index >= 15 is 0 Å². The van der Waals surface area contributed by atoms with Crippen LogP contribution in [-0.2, 0) is 13.1 Å². The summed E-state index contributed by atoms with van der Waals surface area (Å²) in [5, 5.41) is 8.63. The minimum Gasteiger partial charge on any atom is -0.496 e. The molecule has 0 heterocycles. The normalized spacial score (nSPS) is 10.7. The van der Waals surface area contributed by atoms with Crippen molar-refractivity contribution in [1.29, 1.82) is 0 Å². The smallest absolute Gasteiger partial charge is 0.123 e. The minimum absolute atomic E-state index is 0.449. The molecule has 4 heteroatoms. The van der Waals surface area contributed by atoms with Gasteiger partial charge < -0.3 is 14.8 Å². The Balaban J connectivity index is 2.91. The second-order valence-electron chi connectivity index (χ2n) is 3.72. The van der Waals surface area contributed by atoms with E-state index in [1.807, 2.05) is 32.3 Å². The standard InChI is InChI=1S/C11H18N2O2/c1-13(2)8-10-6-9(7-12-14)4-5-11(10)15-3/h4-6,12,14H,7-8H2,1-3H3. The highest BCUT2D eigenvalue weighted by molar-refractivity contribution is 5.37. The Kier molecular flexibility index (Phi) is 4.55. The predicted octanol–water partition coefficient (Wildman–Crippen LogP) is 1.24. The zero-order chi connectivity index (χ0) is 11.3. The summed E-state index contributed by atoms with van der Waals surface area (Å²) in [5.41, 5.74) is 4.31. The van der Waals surface area contributed by atoms with Crippen LogP contribution < -0.4 is 10.2 Å². The highest BCUT2D eigenvalue weighted by atomic mass is 16.5. The third-order valence-electron chi connectivity index (χ3n) is 2.11. The molecule has 1 rings (SSSR count). The Labute approximate surface area is 90.4 Å². The zero-order valence-corrected chi connectivity index (χ0v) is 9.45. The molecule has 0 aliphatic carbocycles. The average Bonchev–Trinajstić information content (AvgIpc) is 2.18. The number of rotatable bonds is 5. The number of nitrogens with one attached hydrogen (secondary N) is 1. The molecule has 0 aromatic heterocycles. The molecule has 0 aliphatic heterocycles. The van der Waals surface area contributed by atoms with Crippen LogP contribution in [0, 0.1) is 0 Å². The second kappa shape index (κ2) is 5.70. The van der Waals surface area contributed by atoms with Crippen LogP contribution in [-0.4, -0.2) is 31.3 Å². The first-order chi connectivity index (χ1) is 7.17. The SMILES string of the molecule is COc1ccc(CNO)cc1CN(C)C. The van der Waals surface area contributed by atoms with Crippen molar-refractivity contribution in [2.24, 2.45) is 0 Å². The third kappa shape index (κ3) is 3.51. The molecule has 0 amide bonds. The average molecular weight is 210 g/mol. The van der Waals surface area contributed by atoms with Crippen molar-refractivity contribution in [2.75, 3.05) is 21.2 Å². The number of hydrogen-bond donors (Lipinski definition) is 2. The molecule has 15 heavy (non-hydrogen) atoms. The van der Waals surface area contributed by atoms with Gasteiger partial charge in [0.25, 0.3) is 0 Å². The van der Waals surface area contributed by atoms with E-state index < -0.39 is 0 Å². The van der Waals surface area contributed by atoms with E-state index in [2.05, 4.69) is 10.4 Å². The molecule has 84 valence electrons. The van der Waals surface area contributed by atoms with E-state index in [1.165, 1.54) is 0 Å². The summed E-state index contributed by atoms with van der Waals surface area (Å²) in [6.45, 7) is 1.27. The summed E-state index contributed by atoms with van der Waals surface area (Å²) in [5.74, 6) is 0.880. The van der Waals surface area contributed by atoms with Crippen LogP contribution in [0.4, 0.5) is 0 Å². The Hall–Kier alpha value is -1.10. The van der Waals surface area contributed by atoms with Crippen molar-refractivity contribution in [2.45, 2.75) is 13.1 Å². The van der Waals surface area contributed by atoms with E-state index in [9.17, 15) is 0 Å². The first-order valence-electron chi connectivity index (χ1n) is 4.85. The van der Waals surface area contributed by atoms with Crippen molar-refractivity contribution in [3.8, 4) is 5.75 Å². The predicted molar refractivity (Wildman–Crippen MR) is 59.0 cm³/mol. The van der Waals surface area contributed by atoms with E-state index in [1.54, 1.807) is 7.11 Å². The van der Waals surface area contributed by atoms with Crippen LogP contribution in [0.2, 0.25) is 0 Å². The van der Waals surface area contributed by atoms with Crippen LogP contribution >= 0.6 is 0 Å². The van der Waals surface area contributed by atoms with E-state index in [0.717, 1.165) is 23.4 Å². The van der Waals surface area contributed by atoms with Gasteiger partial charge in [0, 0.05) is 18.7 Å². The molecule has 0 bridgehead atoms. The molecule has 0 unspecified atom stereocenters. The van der Waals surface area contributed by atoms with Crippen LogP contribution in [0.15, 0.2) is 18.2 Å². The molecule has 0 spiro atoms.